The second-order valence-electron chi connectivity index (χ2n) is 13.7. The third kappa shape index (κ3) is 3.91. The Morgan fingerprint density at radius 3 is 1.94 bits per heavy atom. The van der Waals surface area contributed by atoms with Gasteiger partial charge in [-0.05, 0) is 11.6 Å². The first-order chi connectivity index (χ1) is 25.8. The molecule has 4 heteroatoms. The van der Waals surface area contributed by atoms with Crippen molar-refractivity contribution in [2.45, 2.75) is 0 Å². The van der Waals surface area contributed by atoms with Crippen molar-refractivity contribution < 1.29 is 4.42 Å². The first-order valence-electron chi connectivity index (χ1n) is 17.7. The van der Waals surface area contributed by atoms with Crippen molar-refractivity contribution in [1.82, 2.24) is 4.40 Å². The molecule has 0 saturated heterocycles. The second kappa shape index (κ2) is 10.6. The van der Waals surface area contributed by atoms with Crippen molar-refractivity contribution in [3.63, 3.8) is 0 Å². The van der Waals surface area contributed by atoms with Crippen LogP contribution in [0.1, 0.15) is 0 Å². The minimum atomic E-state index is 0.300. The predicted molar refractivity (Wildman–Crippen MR) is 220 cm³/mol. The molecule has 12 rings (SSSR count). The largest absolute Gasteiger partial charge is 0.0617 e. The van der Waals surface area contributed by atoms with Crippen molar-refractivity contribution in [1.29, 1.82) is 0 Å². The van der Waals surface area contributed by atoms with E-state index in [0.717, 1.165) is 39.0 Å². The molecule has 0 aliphatic heterocycles. The number of hydrogen-bond acceptors (Lipinski definition) is 2. The number of anilines is 3. The summed E-state index contributed by atoms with van der Waals surface area (Å²) in [5.41, 5.74) is 11.3. The van der Waals surface area contributed by atoms with Crippen LogP contribution in [0.3, 0.4) is 0 Å². The predicted octanol–water partition coefficient (Wildman–Crippen LogP) is 13.2. The fraction of sp³-hybridized carbons (Fsp3) is 0. The average Bonchev–Trinajstić information content (AvgIpc) is 3.85. The van der Waals surface area contributed by atoms with Crippen molar-refractivity contribution >= 4 is 111 Å². The summed E-state index contributed by atoms with van der Waals surface area (Å²) in [5, 5.41) is 10.2. The van der Waals surface area contributed by atoms with Gasteiger partial charge in [0.2, 0.25) is 0 Å². The maximum atomic E-state index is 6.27. The van der Waals surface area contributed by atoms with Crippen LogP contribution in [-0.4, -0.2) is 18.9 Å². The fourth-order valence-electron chi connectivity index (χ4n) is 8.68. The molecule has 0 spiro atoms. The summed E-state index contributed by atoms with van der Waals surface area (Å²) in [6, 6.07) is 62.1. The van der Waals surface area contributed by atoms with E-state index < -0.39 is 0 Å². The molecular weight excluding hydrogens is 700 g/mol. The molecule has 52 heavy (non-hydrogen) atoms. The summed E-state index contributed by atoms with van der Waals surface area (Å²) < 4.78 is 11.8. The Morgan fingerprint density at radius 1 is 0.404 bits per heavy atom. The van der Waals surface area contributed by atoms with Gasteiger partial charge in [-0.2, -0.15) is 0 Å². The third-order valence-corrected chi connectivity index (χ3v) is 13.2. The minimum Gasteiger partial charge on any atom is -0.0617 e. The van der Waals surface area contributed by atoms with Crippen LogP contribution in [0.15, 0.2) is 174 Å². The summed E-state index contributed by atoms with van der Waals surface area (Å²) in [6.45, 7) is 0. The zero-order chi connectivity index (χ0) is 33.9. The van der Waals surface area contributed by atoms with Crippen LogP contribution in [0.25, 0.3) is 90.5 Å². The maximum absolute atomic E-state index is 6.27. The molecule has 0 aliphatic carbocycles. The monoisotopic (exact) mass is 728 g/mol. The fourth-order valence-corrected chi connectivity index (χ4v) is 11.1. The Kier molecular flexibility index (Phi) is 5.79. The van der Waals surface area contributed by atoms with E-state index >= 15 is 0 Å². The van der Waals surface area contributed by atoms with Gasteiger partial charge >= 0.3 is 218 Å². The van der Waals surface area contributed by atoms with Crippen LogP contribution < -0.4 is 4.90 Å². The SMILES string of the molecule is c1ccc(-c2cccc(N(c3ccc4oc5ccccc5c4c3)c3ccc4c(c3)c3cccc5c6cccc7[se]c8cccc(c8c76)n4c53)c2)cc1. The van der Waals surface area contributed by atoms with Crippen LogP contribution in [0, 0.1) is 0 Å². The first kappa shape index (κ1) is 28.4. The Bertz CT molecular complexity index is 3370. The van der Waals surface area contributed by atoms with E-state index in [9.17, 15) is 0 Å². The van der Waals surface area contributed by atoms with E-state index in [0.29, 0.717) is 14.5 Å². The molecule has 12 aromatic rings. The molecule has 3 nitrogen and oxygen atoms in total. The number of furan rings is 1. The van der Waals surface area contributed by atoms with E-state index in [4.69, 9.17) is 4.42 Å². The molecule has 0 fully saturated rings. The third-order valence-electron chi connectivity index (χ3n) is 10.9. The van der Waals surface area contributed by atoms with E-state index in [-0.39, 0.29) is 0 Å². The molecule has 0 saturated carbocycles. The number of benzene rings is 8. The quantitative estimate of drug-likeness (QED) is 0.168. The molecule has 0 atom stereocenters. The van der Waals surface area contributed by atoms with Gasteiger partial charge in [-0.3, -0.25) is 0 Å². The Balaban J connectivity index is 1.16. The molecule has 0 aliphatic rings. The van der Waals surface area contributed by atoms with Gasteiger partial charge in [-0.15, -0.1) is 0 Å². The summed E-state index contributed by atoms with van der Waals surface area (Å²) in [7, 11) is 0. The van der Waals surface area contributed by atoms with E-state index in [1.807, 2.05) is 12.1 Å². The van der Waals surface area contributed by atoms with Gasteiger partial charge in [0, 0.05) is 5.39 Å². The standard InChI is InChI=1S/C48H28N2OSe/c1-2-10-29(11-3-1)30-12-6-13-31(26-30)49(33-23-25-43-39(28-33)34-14-4-5-19-42(34)51-43)32-22-24-40-38(27-32)37-17-7-16-36-35-15-8-20-44-46(35)47-41(50(40)48(36)37)18-9-21-45(47)52-44/h1-28H. The zero-order valence-electron chi connectivity index (χ0n) is 27.9. The molecule has 0 N–H and O–H groups in total. The van der Waals surface area contributed by atoms with Gasteiger partial charge in [0.05, 0.1) is 0 Å². The van der Waals surface area contributed by atoms with Gasteiger partial charge in [0.1, 0.15) is 11.2 Å². The number of rotatable bonds is 4. The number of hydrogen-bond donors (Lipinski definition) is 0. The molecule has 4 heterocycles. The van der Waals surface area contributed by atoms with Crippen LogP contribution >= 0.6 is 0 Å². The van der Waals surface area contributed by atoms with Crippen LogP contribution in [-0.2, 0) is 0 Å². The van der Waals surface area contributed by atoms with E-state index in [1.54, 1.807) is 0 Å². The molecule has 0 unspecified atom stereocenters. The summed E-state index contributed by atoms with van der Waals surface area (Å²) in [6.07, 6.45) is 0. The van der Waals surface area contributed by atoms with Crippen molar-refractivity contribution in [2.75, 3.05) is 4.90 Å². The Morgan fingerprint density at radius 2 is 1.04 bits per heavy atom. The number of aromatic nitrogens is 1. The number of fused-ring (bicyclic) bond motifs is 8. The zero-order valence-corrected chi connectivity index (χ0v) is 29.6. The molecule has 0 radical (unpaired) electrons. The van der Waals surface area contributed by atoms with Crippen LogP contribution in [0.5, 0.6) is 0 Å². The minimum absolute atomic E-state index is 0.300. The van der Waals surface area contributed by atoms with Crippen LogP contribution in [0.4, 0.5) is 17.1 Å². The molecule has 8 aromatic carbocycles. The maximum Gasteiger partial charge on any atom is -0.0544 e. The van der Waals surface area contributed by atoms with Crippen molar-refractivity contribution in [3.8, 4) is 11.1 Å². The summed E-state index contributed by atoms with van der Waals surface area (Å²) in [4.78, 5) is 2.40. The van der Waals surface area contributed by atoms with Crippen molar-refractivity contribution in [2.24, 2.45) is 0 Å². The molecular formula is C48H28N2OSe. The average molecular weight is 728 g/mol. The van der Waals surface area contributed by atoms with Gasteiger partial charge in [-0.25, -0.2) is 0 Å². The van der Waals surface area contributed by atoms with Gasteiger partial charge in [0.15, 0.2) is 0 Å². The van der Waals surface area contributed by atoms with Crippen LogP contribution in [0.2, 0.25) is 0 Å². The number of para-hydroxylation sites is 2. The first-order valence-corrected chi connectivity index (χ1v) is 19.4. The summed E-state index contributed by atoms with van der Waals surface area (Å²) in [5.74, 6) is 0. The van der Waals surface area contributed by atoms with E-state index in [2.05, 4.69) is 167 Å². The van der Waals surface area contributed by atoms with Gasteiger partial charge in [-0.1, -0.05) is 54.6 Å². The Hall–Kier alpha value is -6.32. The van der Waals surface area contributed by atoms with E-state index in [1.165, 1.54) is 68.5 Å². The second-order valence-corrected chi connectivity index (χ2v) is 16.0. The summed E-state index contributed by atoms with van der Waals surface area (Å²) >= 11 is 0.300. The normalized spacial score (nSPS) is 12.2. The smallest absolute Gasteiger partial charge is 0.0544 e. The Labute approximate surface area is 304 Å². The number of nitrogens with zero attached hydrogens (tertiary/aromatic N) is 2. The van der Waals surface area contributed by atoms with Crippen molar-refractivity contribution in [3.05, 3.63) is 170 Å². The molecule has 4 aromatic heterocycles. The molecule has 0 bridgehead atoms. The van der Waals surface area contributed by atoms with Gasteiger partial charge < -0.3 is 4.42 Å². The molecule has 0 amide bonds. The topological polar surface area (TPSA) is 20.8 Å². The van der Waals surface area contributed by atoms with Gasteiger partial charge in [0.25, 0.3) is 0 Å². The molecule has 242 valence electrons.